The van der Waals surface area contributed by atoms with Gasteiger partial charge in [0.2, 0.25) is 0 Å². The van der Waals surface area contributed by atoms with E-state index in [1.807, 2.05) is 6.92 Å². The molecule has 0 aliphatic heterocycles. The number of rotatable bonds is 6. The molecule has 0 heterocycles. The maximum atomic E-state index is 8.83. The third-order valence-corrected chi connectivity index (χ3v) is 2.66. The first kappa shape index (κ1) is 14.0. The average molecular weight is 238 g/mol. The van der Waals surface area contributed by atoms with E-state index in [9.17, 15) is 0 Å². The fourth-order valence-corrected chi connectivity index (χ4v) is 1.92. The lowest BCUT2D eigenvalue weighted by Gasteiger charge is -2.15. The molecule has 0 saturated heterocycles. The number of aryl methyl sites for hydroxylation is 2. The Morgan fingerprint density at radius 3 is 2.71 bits per heavy atom. The number of nitrogens with two attached hydrogens (primary N) is 1. The maximum Gasteiger partial charge on any atom is 0.126 e. The molecular weight excluding hydrogens is 216 g/mol. The van der Waals surface area contributed by atoms with Gasteiger partial charge >= 0.3 is 0 Å². The van der Waals surface area contributed by atoms with Crippen molar-refractivity contribution in [1.29, 1.82) is 0 Å². The van der Waals surface area contributed by atoms with Gasteiger partial charge in [-0.05, 0) is 19.4 Å². The normalized spacial score (nSPS) is 12.5. The maximum absolute atomic E-state index is 8.83. The van der Waals surface area contributed by atoms with Crippen molar-refractivity contribution in [3.05, 3.63) is 28.8 Å². The largest absolute Gasteiger partial charge is 0.496 e. The fourth-order valence-electron chi connectivity index (χ4n) is 1.92. The van der Waals surface area contributed by atoms with Crippen LogP contribution in [0.2, 0.25) is 0 Å². The SMILES string of the molecule is COc1c(C)cc(C)cc1CNCC(N)CO. The molecule has 1 aromatic rings. The van der Waals surface area contributed by atoms with Crippen LogP contribution in [0.5, 0.6) is 5.75 Å². The summed E-state index contributed by atoms with van der Waals surface area (Å²) in [6.07, 6.45) is 0. The van der Waals surface area contributed by atoms with Crippen molar-refractivity contribution in [2.45, 2.75) is 26.4 Å². The van der Waals surface area contributed by atoms with Gasteiger partial charge in [-0.25, -0.2) is 0 Å². The van der Waals surface area contributed by atoms with Crippen LogP contribution in [0, 0.1) is 13.8 Å². The van der Waals surface area contributed by atoms with Gasteiger partial charge in [-0.15, -0.1) is 0 Å². The van der Waals surface area contributed by atoms with Gasteiger partial charge in [-0.3, -0.25) is 0 Å². The minimum atomic E-state index is -0.216. The number of nitrogens with one attached hydrogen (secondary N) is 1. The predicted molar refractivity (Wildman–Crippen MR) is 69.2 cm³/mol. The second-order valence-electron chi connectivity index (χ2n) is 4.35. The van der Waals surface area contributed by atoms with Crippen LogP contribution in [0.25, 0.3) is 0 Å². The van der Waals surface area contributed by atoms with Crippen LogP contribution in [0.1, 0.15) is 16.7 Å². The summed E-state index contributed by atoms with van der Waals surface area (Å²) < 4.78 is 5.39. The van der Waals surface area contributed by atoms with E-state index in [-0.39, 0.29) is 12.6 Å². The van der Waals surface area contributed by atoms with E-state index in [0.717, 1.165) is 16.9 Å². The van der Waals surface area contributed by atoms with Gasteiger partial charge in [-0.2, -0.15) is 0 Å². The highest BCUT2D eigenvalue weighted by Crippen LogP contribution is 2.24. The molecule has 1 unspecified atom stereocenters. The molecule has 0 spiro atoms. The highest BCUT2D eigenvalue weighted by molar-refractivity contribution is 5.43. The zero-order valence-corrected chi connectivity index (χ0v) is 10.8. The zero-order valence-electron chi connectivity index (χ0n) is 10.8. The van der Waals surface area contributed by atoms with Gasteiger partial charge in [0, 0.05) is 24.7 Å². The van der Waals surface area contributed by atoms with Gasteiger partial charge < -0.3 is 20.9 Å². The third kappa shape index (κ3) is 4.00. The molecule has 0 aliphatic carbocycles. The number of aliphatic hydroxyl groups excluding tert-OH is 1. The Kier molecular flexibility index (Phi) is 5.41. The fraction of sp³-hybridized carbons (Fsp3) is 0.538. The molecule has 0 amide bonds. The van der Waals surface area contributed by atoms with Crippen molar-refractivity contribution in [1.82, 2.24) is 5.32 Å². The summed E-state index contributed by atoms with van der Waals surface area (Å²) >= 11 is 0. The Labute approximate surface area is 103 Å². The third-order valence-electron chi connectivity index (χ3n) is 2.66. The average Bonchev–Trinajstić information content (AvgIpc) is 2.28. The van der Waals surface area contributed by atoms with Gasteiger partial charge in [0.15, 0.2) is 0 Å². The summed E-state index contributed by atoms with van der Waals surface area (Å²) in [4.78, 5) is 0. The van der Waals surface area contributed by atoms with E-state index in [1.165, 1.54) is 5.56 Å². The Balaban J connectivity index is 2.69. The summed E-state index contributed by atoms with van der Waals surface area (Å²) in [5.74, 6) is 0.917. The molecule has 0 radical (unpaired) electrons. The molecule has 0 bridgehead atoms. The lowest BCUT2D eigenvalue weighted by molar-refractivity contribution is 0.262. The summed E-state index contributed by atoms with van der Waals surface area (Å²) in [7, 11) is 1.68. The van der Waals surface area contributed by atoms with E-state index in [2.05, 4.69) is 24.4 Å². The summed E-state index contributed by atoms with van der Waals surface area (Å²) in [6.45, 7) is 5.38. The topological polar surface area (TPSA) is 67.5 Å². The minimum Gasteiger partial charge on any atom is -0.496 e. The molecule has 1 atom stereocenters. The smallest absolute Gasteiger partial charge is 0.126 e. The second-order valence-corrected chi connectivity index (χ2v) is 4.35. The van der Waals surface area contributed by atoms with Crippen LogP contribution in [0.4, 0.5) is 0 Å². The predicted octanol–water partition coefficient (Wildman–Crippen LogP) is 0.721. The quantitative estimate of drug-likeness (QED) is 0.683. The highest BCUT2D eigenvalue weighted by atomic mass is 16.5. The van der Waals surface area contributed by atoms with Gasteiger partial charge in [0.1, 0.15) is 5.75 Å². The van der Waals surface area contributed by atoms with Gasteiger partial charge in [-0.1, -0.05) is 17.7 Å². The first-order valence-electron chi connectivity index (χ1n) is 5.79. The van der Waals surface area contributed by atoms with Crippen LogP contribution in [0.15, 0.2) is 12.1 Å². The Morgan fingerprint density at radius 1 is 1.41 bits per heavy atom. The van der Waals surface area contributed by atoms with E-state index in [1.54, 1.807) is 7.11 Å². The number of benzene rings is 1. The molecule has 0 aromatic heterocycles. The number of ether oxygens (including phenoxy) is 1. The standard InChI is InChI=1S/C13H22N2O2/c1-9-4-10(2)13(17-3)11(5-9)6-15-7-12(14)8-16/h4-5,12,15-16H,6-8,14H2,1-3H3. The van der Waals surface area contributed by atoms with Crippen LogP contribution >= 0.6 is 0 Å². The number of hydrogen-bond donors (Lipinski definition) is 3. The summed E-state index contributed by atoms with van der Waals surface area (Å²) in [6, 6.07) is 3.98. The Morgan fingerprint density at radius 2 is 2.12 bits per heavy atom. The van der Waals surface area contributed by atoms with E-state index in [0.29, 0.717) is 13.1 Å². The van der Waals surface area contributed by atoms with Crippen LogP contribution in [0.3, 0.4) is 0 Å². The summed E-state index contributed by atoms with van der Waals surface area (Å²) in [5, 5.41) is 12.0. The molecule has 1 aromatic carbocycles. The molecule has 96 valence electrons. The minimum absolute atomic E-state index is 0.00300. The molecule has 0 saturated carbocycles. The Hall–Kier alpha value is -1.10. The molecule has 4 N–H and O–H groups in total. The first-order valence-corrected chi connectivity index (χ1v) is 5.79. The van der Waals surface area contributed by atoms with E-state index in [4.69, 9.17) is 15.6 Å². The van der Waals surface area contributed by atoms with Crippen molar-refractivity contribution >= 4 is 0 Å². The van der Waals surface area contributed by atoms with Crippen LogP contribution in [-0.2, 0) is 6.54 Å². The van der Waals surface area contributed by atoms with E-state index >= 15 is 0 Å². The molecular formula is C13H22N2O2. The molecule has 4 nitrogen and oxygen atoms in total. The Bertz CT molecular complexity index is 367. The van der Waals surface area contributed by atoms with Crippen molar-refractivity contribution in [2.75, 3.05) is 20.3 Å². The van der Waals surface area contributed by atoms with Gasteiger partial charge in [0.25, 0.3) is 0 Å². The van der Waals surface area contributed by atoms with Crippen molar-refractivity contribution in [2.24, 2.45) is 5.73 Å². The van der Waals surface area contributed by atoms with Crippen LogP contribution in [-0.4, -0.2) is 31.4 Å². The lowest BCUT2D eigenvalue weighted by Crippen LogP contribution is -2.36. The molecule has 1 rings (SSSR count). The molecule has 4 heteroatoms. The first-order chi connectivity index (χ1) is 8.08. The monoisotopic (exact) mass is 238 g/mol. The zero-order chi connectivity index (χ0) is 12.8. The van der Waals surface area contributed by atoms with Crippen molar-refractivity contribution < 1.29 is 9.84 Å². The van der Waals surface area contributed by atoms with Gasteiger partial charge in [0.05, 0.1) is 13.7 Å². The molecule has 17 heavy (non-hydrogen) atoms. The lowest BCUT2D eigenvalue weighted by atomic mass is 10.1. The number of methoxy groups -OCH3 is 1. The summed E-state index contributed by atoms with van der Waals surface area (Å²) in [5.41, 5.74) is 9.09. The van der Waals surface area contributed by atoms with E-state index < -0.39 is 0 Å². The molecule has 0 aliphatic rings. The second kappa shape index (κ2) is 6.59. The van der Waals surface area contributed by atoms with Crippen molar-refractivity contribution in [3.8, 4) is 5.75 Å². The number of hydrogen-bond acceptors (Lipinski definition) is 4. The highest BCUT2D eigenvalue weighted by Gasteiger charge is 2.07. The van der Waals surface area contributed by atoms with Crippen molar-refractivity contribution in [3.63, 3.8) is 0 Å². The van der Waals surface area contributed by atoms with Crippen LogP contribution < -0.4 is 15.8 Å². The number of aliphatic hydroxyl groups is 1. The molecule has 0 fully saturated rings.